The molecule has 4 rings (SSSR count). The highest BCUT2D eigenvalue weighted by molar-refractivity contribution is 5.99. The predicted molar refractivity (Wildman–Crippen MR) is 140 cm³/mol. The van der Waals surface area contributed by atoms with E-state index in [0.29, 0.717) is 49.4 Å². The van der Waals surface area contributed by atoms with Gasteiger partial charge in [0.05, 0.1) is 12.0 Å². The molecule has 0 saturated carbocycles. The molecule has 1 fully saturated rings. The number of ether oxygens (including phenoxy) is 2. The van der Waals surface area contributed by atoms with Crippen molar-refractivity contribution in [2.24, 2.45) is 0 Å². The van der Waals surface area contributed by atoms with Crippen molar-refractivity contribution in [1.82, 2.24) is 20.3 Å². The maximum Gasteiger partial charge on any atom is 0.280 e. The second-order valence-electron chi connectivity index (χ2n) is 8.81. The highest BCUT2D eigenvalue weighted by Crippen LogP contribution is 2.21. The Kier molecular flexibility index (Phi) is 8.98. The number of aromatic nitrogens is 3. The molecule has 1 aromatic heterocycles. The van der Waals surface area contributed by atoms with Gasteiger partial charge in [0, 0.05) is 50.9 Å². The van der Waals surface area contributed by atoms with Gasteiger partial charge in [0.15, 0.2) is 0 Å². The fraction of sp³-hybridized carbons (Fsp3) is 0.385. The van der Waals surface area contributed by atoms with E-state index >= 15 is 0 Å². The quantitative estimate of drug-likeness (QED) is 0.239. The SMILES string of the molecule is CC(=O)Nc1ccc(OCCCOCCCNc2cccc3nnn(C4CCC(=O)NC4=O)c(=O)c23)cc1. The van der Waals surface area contributed by atoms with Gasteiger partial charge in [0.2, 0.25) is 11.8 Å². The Morgan fingerprint density at radius 2 is 1.87 bits per heavy atom. The topological polar surface area (TPSA) is 154 Å². The predicted octanol–water partition coefficient (Wildman–Crippen LogP) is 2.02. The lowest BCUT2D eigenvalue weighted by Crippen LogP contribution is -2.45. The molecule has 3 amide bonds. The first-order valence-electron chi connectivity index (χ1n) is 12.5. The van der Waals surface area contributed by atoms with Gasteiger partial charge >= 0.3 is 0 Å². The lowest BCUT2D eigenvalue weighted by atomic mass is 10.1. The molecule has 0 spiro atoms. The second-order valence-corrected chi connectivity index (χ2v) is 8.81. The van der Waals surface area contributed by atoms with Crippen molar-refractivity contribution in [3.8, 4) is 5.75 Å². The van der Waals surface area contributed by atoms with Crippen LogP contribution in [0.3, 0.4) is 0 Å². The molecule has 3 N–H and O–H groups in total. The van der Waals surface area contributed by atoms with Gasteiger partial charge in [-0.2, -0.15) is 4.68 Å². The number of imide groups is 1. The van der Waals surface area contributed by atoms with E-state index in [1.807, 2.05) is 0 Å². The van der Waals surface area contributed by atoms with Crippen molar-refractivity contribution in [3.05, 3.63) is 52.8 Å². The van der Waals surface area contributed by atoms with E-state index in [1.165, 1.54) is 6.92 Å². The van der Waals surface area contributed by atoms with E-state index in [4.69, 9.17) is 9.47 Å². The molecule has 2 aromatic carbocycles. The number of hydrogen-bond donors (Lipinski definition) is 3. The Morgan fingerprint density at radius 3 is 2.63 bits per heavy atom. The van der Waals surface area contributed by atoms with Crippen molar-refractivity contribution in [1.29, 1.82) is 0 Å². The molecule has 0 aliphatic carbocycles. The number of carbonyl (C=O) groups excluding carboxylic acids is 3. The van der Waals surface area contributed by atoms with Crippen LogP contribution < -0.4 is 26.2 Å². The number of piperidine rings is 1. The molecule has 3 aromatic rings. The molecular formula is C26H30N6O6. The minimum atomic E-state index is -0.870. The molecule has 2 heterocycles. The summed E-state index contributed by atoms with van der Waals surface area (Å²) in [5.41, 5.74) is 1.30. The van der Waals surface area contributed by atoms with Crippen molar-refractivity contribution in [3.63, 3.8) is 0 Å². The maximum absolute atomic E-state index is 13.2. The van der Waals surface area contributed by atoms with Crippen LogP contribution in [0.5, 0.6) is 5.75 Å². The van der Waals surface area contributed by atoms with Crippen LogP contribution in [0.4, 0.5) is 11.4 Å². The summed E-state index contributed by atoms with van der Waals surface area (Å²) >= 11 is 0. The van der Waals surface area contributed by atoms with Crippen LogP contribution in [0, 0.1) is 0 Å². The number of fused-ring (bicyclic) bond motifs is 1. The fourth-order valence-electron chi connectivity index (χ4n) is 4.05. The average molecular weight is 523 g/mol. The highest BCUT2D eigenvalue weighted by Gasteiger charge is 2.30. The molecule has 0 radical (unpaired) electrons. The van der Waals surface area contributed by atoms with Crippen molar-refractivity contribution in [2.75, 3.05) is 37.0 Å². The zero-order valence-corrected chi connectivity index (χ0v) is 21.1. The molecule has 200 valence electrons. The molecule has 1 saturated heterocycles. The third kappa shape index (κ3) is 6.91. The number of amides is 3. The van der Waals surface area contributed by atoms with Crippen molar-refractivity contribution >= 4 is 40.0 Å². The number of anilines is 2. The van der Waals surface area contributed by atoms with Crippen LogP contribution in [0.15, 0.2) is 47.3 Å². The number of rotatable bonds is 12. The van der Waals surface area contributed by atoms with Crippen LogP contribution in [0.25, 0.3) is 10.9 Å². The number of hydrogen-bond acceptors (Lipinski definition) is 9. The molecule has 12 nitrogen and oxygen atoms in total. The first kappa shape index (κ1) is 26.7. The number of nitrogens with one attached hydrogen (secondary N) is 3. The molecule has 1 atom stereocenters. The Bertz CT molecular complexity index is 1360. The van der Waals surface area contributed by atoms with E-state index in [0.717, 1.165) is 22.5 Å². The fourth-order valence-corrected chi connectivity index (χ4v) is 4.05. The summed E-state index contributed by atoms with van der Waals surface area (Å²) in [6.07, 6.45) is 1.78. The third-order valence-electron chi connectivity index (χ3n) is 5.88. The van der Waals surface area contributed by atoms with Gasteiger partial charge in [-0.15, -0.1) is 5.10 Å². The number of nitrogens with zero attached hydrogens (tertiary/aromatic N) is 3. The summed E-state index contributed by atoms with van der Waals surface area (Å²) in [5, 5.41) is 16.6. The van der Waals surface area contributed by atoms with E-state index in [1.54, 1.807) is 42.5 Å². The Morgan fingerprint density at radius 1 is 1.08 bits per heavy atom. The van der Waals surface area contributed by atoms with Gasteiger partial charge in [-0.1, -0.05) is 11.3 Å². The van der Waals surface area contributed by atoms with Crippen LogP contribution in [0.1, 0.15) is 38.6 Å². The summed E-state index contributed by atoms with van der Waals surface area (Å²) < 4.78 is 12.4. The standard InChI is InChI=1S/C26H30N6O6/c1-17(33)28-18-7-9-19(10-8-18)38-16-4-15-37-14-3-13-27-20-5-2-6-21-24(20)26(36)32(31-30-21)22-11-12-23(34)29-25(22)35/h2,5-10,22,27H,3-4,11-16H2,1H3,(H,28,33)(H,29,34,35). The van der Waals surface area contributed by atoms with E-state index in [9.17, 15) is 19.2 Å². The summed E-state index contributed by atoms with van der Waals surface area (Å²) in [6.45, 7) is 3.61. The average Bonchev–Trinajstić information content (AvgIpc) is 2.89. The molecule has 1 aliphatic heterocycles. The minimum absolute atomic E-state index is 0.120. The number of benzene rings is 2. The smallest absolute Gasteiger partial charge is 0.280 e. The molecule has 38 heavy (non-hydrogen) atoms. The zero-order chi connectivity index (χ0) is 26.9. The van der Waals surface area contributed by atoms with Crippen LogP contribution >= 0.6 is 0 Å². The third-order valence-corrected chi connectivity index (χ3v) is 5.88. The van der Waals surface area contributed by atoms with Gasteiger partial charge in [0.25, 0.3) is 11.5 Å². The summed E-state index contributed by atoms with van der Waals surface area (Å²) in [7, 11) is 0. The number of carbonyl (C=O) groups is 3. The van der Waals surface area contributed by atoms with Crippen LogP contribution in [-0.4, -0.2) is 59.1 Å². The normalized spacial score (nSPS) is 15.2. The van der Waals surface area contributed by atoms with E-state index in [2.05, 4.69) is 26.3 Å². The van der Waals surface area contributed by atoms with Gasteiger partial charge in [0.1, 0.15) is 17.3 Å². The van der Waals surface area contributed by atoms with E-state index in [-0.39, 0.29) is 24.7 Å². The molecule has 1 aliphatic rings. The lowest BCUT2D eigenvalue weighted by Gasteiger charge is -2.21. The minimum Gasteiger partial charge on any atom is -0.494 e. The Balaban J connectivity index is 1.20. The van der Waals surface area contributed by atoms with Gasteiger partial charge < -0.3 is 20.1 Å². The summed E-state index contributed by atoms with van der Waals surface area (Å²) in [4.78, 5) is 47.9. The van der Waals surface area contributed by atoms with Crippen LogP contribution in [-0.2, 0) is 19.1 Å². The maximum atomic E-state index is 13.2. The molecule has 1 unspecified atom stereocenters. The van der Waals surface area contributed by atoms with Crippen LogP contribution in [0.2, 0.25) is 0 Å². The van der Waals surface area contributed by atoms with Gasteiger partial charge in [-0.25, -0.2) is 0 Å². The first-order chi connectivity index (χ1) is 18.4. The van der Waals surface area contributed by atoms with Crippen molar-refractivity contribution in [2.45, 2.75) is 38.6 Å². The lowest BCUT2D eigenvalue weighted by molar-refractivity contribution is -0.136. The van der Waals surface area contributed by atoms with Crippen molar-refractivity contribution < 1.29 is 23.9 Å². The zero-order valence-electron chi connectivity index (χ0n) is 21.1. The summed E-state index contributed by atoms with van der Waals surface area (Å²) in [5.74, 6) is -0.310. The summed E-state index contributed by atoms with van der Waals surface area (Å²) in [6, 6.07) is 11.5. The van der Waals surface area contributed by atoms with E-state index < -0.39 is 17.5 Å². The first-order valence-corrected chi connectivity index (χ1v) is 12.5. The molecule has 12 heteroatoms. The Labute approximate surface area is 218 Å². The van der Waals surface area contributed by atoms with Gasteiger partial charge in [-0.05, 0) is 49.2 Å². The van der Waals surface area contributed by atoms with Gasteiger partial charge in [-0.3, -0.25) is 24.5 Å². The molecular weight excluding hydrogens is 492 g/mol. The molecule has 0 bridgehead atoms. The highest BCUT2D eigenvalue weighted by atomic mass is 16.5. The largest absolute Gasteiger partial charge is 0.494 e. The second kappa shape index (κ2) is 12.8. The Hall–Kier alpha value is -4.32. The monoisotopic (exact) mass is 522 g/mol.